The van der Waals surface area contributed by atoms with Crippen LogP contribution in [0.3, 0.4) is 0 Å². The van der Waals surface area contributed by atoms with Crippen LogP contribution in [0.25, 0.3) is 0 Å². The van der Waals surface area contributed by atoms with Gasteiger partial charge in [-0.15, -0.1) is 0 Å². The summed E-state index contributed by atoms with van der Waals surface area (Å²) in [5, 5.41) is 0. The van der Waals surface area contributed by atoms with Crippen LogP contribution in [0.5, 0.6) is 0 Å². The Labute approximate surface area is 66.2 Å². The average Bonchev–Trinajstić information content (AvgIpc) is 1.69. The molecule has 0 N–H and O–H groups in total. The Morgan fingerprint density at radius 2 is 1.75 bits per heavy atom. The third-order valence-electron chi connectivity index (χ3n) is 0.0825. The van der Waals surface area contributed by atoms with E-state index in [9.17, 15) is 0 Å². The van der Waals surface area contributed by atoms with Gasteiger partial charge in [0.1, 0.15) is 12.3 Å². The highest BCUT2D eigenvalue weighted by molar-refractivity contribution is 6.58. The second kappa shape index (κ2) is 10.6. The second-order valence-electron chi connectivity index (χ2n) is 1.11. The van der Waals surface area contributed by atoms with Crippen LogP contribution in [-0.4, -0.2) is 7.85 Å². The van der Waals surface area contributed by atoms with Gasteiger partial charge in [0.2, 0.25) is 0 Å². The van der Waals surface area contributed by atoms with Gasteiger partial charge in [0.25, 0.3) is 0 Å². The Kier molecular flexibility index (Phi) is 15.2. The van der Waals surface area contributed by atoms with E-state index in [1.807, 2.05) is 0 Å². The molecular weight excluding hydrogens is 165 g/mol. The maximum absolute atomic E-state index is 4.96. The summed E-state index contributed by atoms with van der Waals surface area (Å²) in [7, 11) is 2.12. The predicted molar refractivity (Wildman–Crippen MR) is 44.7 cm³/mol. The van der Waals surface area contributed by atoms with Crippen molar-refractivity contribution in [3.63, 3.8) is 0 Å². The molecule has 0 radical (unpaired) electrons. The summed E-state index contributed by atoms with van der Waals surface area (Å²) in [5.74, 6) is 0. The predicted octanol–water partition coefficient (Wildman–Crippen LogP) is 2.56. The van der Waals surface area contributed by atoms with E-state index in [1.54, 1.807) is 0 Å². The molecule has 0 bridgehead atoms. The van der Waals surface area contributed by atoms with E-state index in [0.717, 1.165) is 5.54 Å². The molecule has 0 spiro atoms. The zero-order valence-electron chi connectivity index (χ0n) is 4.92. The molecule has 0 nitrogen and oxygen atoms in total. The average molecular weight is 173 g/mol. The van der Waals surface area contributed by atoms with Gasteiger partial charge in [-0.1, -0.05) is 48.0 Å². The molecule has 0 aliphatic rings. The van der Waals surface area contributed by atoms with Gasteiger partial charge in [-0.3, -0.25) is 0 Å². The first-order chi connectivity index (χ1) is 3.68. The van der Waals surface area contributed by atoms with Gasteiger partial charge in [-0.2, -0.15) is 0 Å². The smallest absolute Gasteiger partial charge is 0.0904 e. The summed E-state index contributed by atoms with van der Waals surface area (Å²) in [6, 6.07) is 0. The van der Waals surface area contributed by atoms with Crippen molar-refractivity contribution >= 4 is 42.6 Å². The molecule has 0 saturated carbocycles. The minimum atomic E-state index is 0.0895. The molecule has 0 rings (SSSR count). The van der Waals surface area contributed by atoms with Gasteiger partial charge < -0.3 is 0 Å². The molecule has 0 saturated heterocycles. The van der Waals surface area contributed by atoms with E-state index >= 15 is 0 Å². The van der Waals surface area contributed by atoms with Crippen molar-refractivity contribution in [1.82, 2.24) is 0 Å². The van der Waals surface area contributed by atoms with Gasteiger partial charge in [-0.25, -0.2) is 0 Å². The zero-order chi connectivity index (χ0) is 6.99. The van der Waals surface area contributed by atoms with Gasteiger partial charge in [0, 0.05) is 5.54 Å². The van der Waals surface area contributed by atoms with Crippen molar-refractivity contribution in [3.8, 4) is 0 Å². The van der Waals surface area contributed by atoms with Crippen LogP contribution in [0.4, 0.5) is 0 Å². The van der Waals surface area contributed by atoms with E-state index in [1.165, 1.54) is 6.32 Å². The van der Waals surface area contributed by atoms with Crippen molar-refractivity contribution in [2.24, 2.45) is 0 Å². The molecule has 0 fully saturated rings. The van der Waals surface area contributed by atoms with E-state index in [4.69, 9.17) is 34.8 Å². The van der Waals surface area contributed by atoms with E-state index < -0.39 is 0 Å². The molecule has 0 aliphatic carbocycles. The third kappa shape index (κ3) is 30.0. The molecule has 0 unspecified atom stereocenters. The zero-order valence-corrected chi connectivity index (χ0v) is 7.19. The first-order valence-corrected chi connectivity index (χ1v) is 3.49. The Bertz CT molecular complexity index is 58.3. The molecule has 0 aromatic rings. The highest BCUT2D eigenvalue weighted by atomic mass is 35.5. The number of hydrogen-bond donors (Lipinski definition) is 0. The quantitative estimate of drug-likeness (QED) is 0.494. The fourth-order valence-electron chi connectivity index (χ4n) is 0. The number of rotatable bonds is 0. The van der Waals surface area contributed by atoms with Crippen LogP contribution in [0, 0.1) is 0 Å². The van der Waals surface area contributed by atoms with Crippen LogP contribution in [-0.2, 0) is 0 Å². The number of halogens is 3. The normalized spacial score (nSPS) is 6.50. The van der Waals surface area contributed by atoms with Gasteiger partial charge >= 0.3 is 0 Å². The highest BCUT2D eigenvalue weighted by Gasteiger charge is 1.70. The summed E-state index contributed by atoms with van der Waals surface area (Å²) < 4.78 is 0.0895. The highest BCUT2D eigenvalue weighted by Crippen LogP contribution is 2.05. The van der Waals surface area contributed by atoms with Crippen molar-refractivity contribution in [1.29, 1.82) is 0 Å². The van der Waals surface area contributed by atoms with E-state index in [-0.39, 0.29) is 4.49 Å². The second-order valence-corrected chi connectivity index (χ2v) is 2.33. The molecule has 4 heteroatoms. The monoisotopic (exact) mass is 172 g/mol. The summed E-state index contributed by atoms with van der Waals surface area (Å²) in [6.07, 6.45) is 1.25. The van der Waals surface area contributed by atoms with Crippen LogP contribution in [0.2, 0.25) is 6.32 Å². The maximum Gasteiger partial charge on any atom is 0.118 e. The van der Waals surface area contributed by atoms with Crippen molar-refractivity contribution in [2.75, 3.05) is 0 Å². The SMILES string of the molecule is BCC.ClC=C(Cl)Cl. The lowest BCUT2D eigenvalue weighted by atomic mass is 10.1. The standard InChI is InChI=1S/C2H7B.C2HCl3/c1-2-3;3-1-2(4)5/h2-3H2,1H3;1H. The summed E-state index contributed by atoms with van der Waals surface area (Å²) in [5.41, 5.74) is 1.09. The van der Waals surface area contributed by atoms with Crippen LogP contribution in [0.15, 0.2) is 10.0 Å². The summed E-state index contributed by atoms with van der Waals surface area (Å²) in [4.78, 5) is 0. The largest absolute Gasteiger partial charge is 0.118 e. The topological polar surface area (TPSA) is 0 Å². The summed E-state index contributed by atoms with van der Waals surface area (Å²) >= 11 is 14.8. The number of hydrogen-bond acceptors (Lipinski definition) is 0. The lowest BCUT2D eigenvalue weighted by Gasteiger charge is -1.64. The Morgan fingerprint density at radius 3 is 1.75 bits per heavy atom. The Balaban J connectivity index is 0. The molecule has 0 aromatic heterocycles. The minimum absolute atomic E-state index is 0.0895. The van der Waals surface area contributed by atoms with Crippen molar-refractivity contribution in [3.05, 3.63) is 10.0 Å². The lowest BCUT2D eigenvalue weighted by Crippen LogP contribution is -1.41. The Hall–Kier alpha value is 0.675. The van der Waals surface area contributed by atoms with Gasteiger partial charge in [0.05, 0.1) is 0 Å². The first kappa shape index (κ1) is 11.5. The third-order valence-corrected chi connectivity index (χ3v) is 0.742. The molecule has 0 aliphatic heterocycles. The molecule has 48 valence electrons. The minimum Gasteiger partial charge on any atom is -0.0904 e. The fraction of sp³-hybridized carbons (Fsp3) is 0.500. The fourth-order valence-corrected chi connectivity index (χ4v) is 0. The molecule has 0 amide bonds. The molecular formula is C4H8BCl3. The van der Waals surface area contributed by atoms with Crippen LogP contribution >= 0.6 is 34.8 Å². The van der Waals surface area contributed by atoms with Crippen molar-refractivity contribution < 1.29 is 0 Å². The van der Waals surface area contributed by atoms with E-state index in [2.05, 4.69) is 14.8 Å². The molecule has 0 aromatic carbocycles. The van der Waals surface area contributed by atoms with E-state index in [0.29, 0.717) is 0 Å². The van der Waals surface area contributed by atoms with Gasteiger partial charge in [-0.05, 0) is 0 Å². The lowest BCUT2D eigenvalue weighted by molar-refractivity contribution is 1.48. The first-order valence-electron chi connectivity index (χ1n) is 2.30. The Morgan fingerprint density at radius 1 is 1.62 bits per heavy atom. The molecule has 0 heterocycles. The van der Waals surface area contributed by atoms with Crippen LogP contribution < -0.4 is 0 Å². The molecule has 0 atom stereocenters. The summed E-state index contributed by atoms with van der Waals surface area (Å²) in [6.45, 7) is 2.12. The van der Waals surface area contributed by atoms with Crippen molar-refractivity contribution in [2.45, 2.75) is 13.2 Å². The molecule has 8 heavy (non-hydrogen) atoms. The van der Waals surface area contributed by atoms with Crippen LogP contribution in [0.1, 0.15) is 6.92 Å². The van der Waals surface area contributed by atoms with Gasteiger partial charge in [0.15, 0.2) is 0 Å². The maximum atomic E-state index is 4.96.